The van der Waals surface area contributed by atoms with Crippen molar-refractivity contribution in [2.24, 2.45) is 0 Å². The first-order chi connectivity index (χ1) is 8.56. The van der Waals surface area contributed by atoms with Crippen molar-refractivity contribution in [2.45, 2.75) is 20.4 Å². The van der Waals surface area contributed by atoms with E-state index < -0.39 is 0 Å². The lowest BCUT2D eigenvalue weighted by atomic mass is 10.1. The Bertz CT molecular complexity index is 543. The van der Waals surface area contributed by atoms with E-state index in [1.54, 1.807) is 12.1 Å². The molecule has 2 N–H and O–H groups in total. The zero-order chi connectivity index (χ0) is 13.1. The van der Waals surface area contributed by atoms with Crippen molar-refractivity contribution in [3.63, 3.8) is 0 Å². The number of rotatable bonds is 3. The van der Waals surface area contributed by atoms with Gasteiger partial charge in [-0.3, -0.25) is 0 Å². The van der Waals surface area contributed by atoms with E-state index in [0.29, 0.717) is 12.3 Å². The molecule has 2 rings (SSSR count). The quantitative estimate of drug-likeness (QED) is 0.882. The van der Waals surface area contributed by atoms with Gasteiger partial charge in [0, 0.05) is 16.7 Å². The van der Waals surface area contributed by atoms with Gasteiger partial charge in [-0.2, -0.15) is 0 Å². The van der Waals surface area contributed by atoms with Crippen molar-refractivity contribution >= 4 is 21.6 Å². The minimum Gasteiger partial charge on any atom is -0.508 e. The van der Waals surface area contributed by atoms with E-state index in [4.69, 9.17) is 0 Å². The molecule has 0 aliphatic heterocycles. The highest BCUT2D eigenvalue weighted by Crippen LogP contribution is 2.25. The van der Waals surface area contributed by atoms with Gasteiger partial charge in [0.2, 0.25) is 0 Å². The Hall–Kier alpha value is -1.48. The molecule has 0 fully saturated rings. The van der Waals surface area contributed by atoms with Crippen LogP contribution in [0.4, 0.5) is 5.69 Å². The fourth-order valence-corrected chi connectivity index (χ4v) is 2.73. The Morgan fingerprint density at radius 2 is 1.78 bits per heavy atom. The minimum absolute atomic E-state index is 0.304. The number of phenols is 1. The third kappa shape index (κ3) is 3.05. The molecule has 2 aromatic rings. The van der Waals surface area contributed by atoms with Gasteiger partial charge >= 0.3 is 0 Å². The molecule has 0 bridgehead atoms. The summed E-state index contributed by atoms with van der Waals surface area (Å²) in [6.07, 6.45) is 0. The second kappa shape index (κ2) is 5.44. The third-order valence-corrected chi connectivity index (χ3v) is 3.34. The van der Waals surface area contributed by atoms with Crippen LogP contribution in [0, 0.1) is 13.8 Å². The molecule has 0 atom stereocenters. The van der Waals surface area contributed by atoms with Gasteiger partial charge in [0.15, 0.2) is 0 Å². The van der Waals surface area contributed by atoms with Gasteiger partial charge in [-0.15, -0.1) is 0 Å². The Labute approximate surface area is 116 Å². The van der Waals surface area contributed by atoms with Crippen molar-refractivity contribution in [3.05, 3.63) is 57.6 Å². The lowest BCUT2D eigenvalue weighted by Gasteiger charge is -2.13. The minimum atomic E-state index is 0.304. The topological polar surface area (TPSA) is 32.3 Å². The maximum Gasteiger partial charge on any atom is 0.115 e. The fraction of sp³-hybridized carbons (Fsp3) is 0.200. The first-order valence-electron chi connectivity index (χ1n) is 5.85. The molecule has 0 spiro atoms. The molecule has 0 aromatic heterocycles. The van der Waals surface area contributed by atoms with Gasteiger partial charge in [-0.25, -0.2) is 0 Å². The molecule has 0 saturated carbocycles. The lowest BCUT2D eigenvalue weighted by Crippen LogP contribution is -2.02. The van der Waals surface area contributed by atoms with Crippen molar-refractivity contribution < 1.29 is 5.11 Å². The second-order valence-corrected chi connectivity index (χ2v) is 5.35. The van der Waals surface area contributed by atoms with E-state index in [2.05, 4.69) is 47.2 Å². The van der Waals surface area contributed by atoms with Crippen LogP contribution in [0.25, 0.3) is 0 Å². The summed E-state index contributed by atoms with van der Waals surface area (Å²) >= 11 is 3.49. The average Bonchev–Trinajstić information content (AvgIpc) is 2.27. The molecule has 0 amide bonds. The highest BCUT2D eigenvalue weighted by atomic mass is 79.9. The fourth-order valence-electron chi connectivity index (χ4n) is 2.05. The molecule has 2 nitrogen and oxygen atoms in total. The molecule has 0 aliphatic carbocycles. The summed E-state index contributed by atoms with van der Waals surface area (Å²) in [4.78, 5) is 0. The van der Waals surface area contributed by atoms with Crippen LogP contribution >= 0.6 is 15.9 Å². The lowest BCUT2D eigenvalue weighted by molar-refractivity contribution is 0.474. The van der Waals surface area contributed by atoms with Crippen LogP contribution in [0.1, 0.15) is 16.7 Å². The van der Waals surface area contributed by atoms with Crippen molar-refractivity contribution in [3.8, 4) is 5.75 Å². The van der Waals surface area contributed by atoms with Crippen LogP contribution in [0.3, 0.4) is 0 Å². The smallest absolute Gasteiger partial charge is 0.115 e. The molecule has 0 saturated heterocycles. The maximum absolute atomic E-state index is 9.42. The number of hydrogen-bond donors (Lipinski definition) is 2. The van der Waals surface area contributed by atoms with Crippen molar-refractivity contribution in [1.29, 1.82) is 0 Å². The van der Waals surface area contributed by atoms with Crippen LogP contribution in [0.15, 0.2) is 40.9 Å². The highest BCUT2D eigenvalue weighted by Gasteiger charge is 2.04. The number of phenolic OH excluding ortho intramolecular Hbond substituents is 1. The summed E-state index contributed by atoms with van der Waals surface area (Å²) in [6.45, 7) is 4.88. The van der Waals surface area contributed by atoms with Crippen molar-refractivity contribution in [1.82, 2.24) is 0 Å². The summed E-state index contributed by atoms with van der Waals surface area (Å²) < 4.78 is 1.10. The van der Waals surface area contributed by atoms with Crippen LogP contribution in [0.5, 0.6) is 5.75 Å². The molecule has 0 unspecified atom stereocenters. The van der Waals surface area contributed by atoms with Crippen LogP contribution < -0.4 is 5.32 Å². The molecular weight excluding hydrogens is 290 g/mol. The van der Waals surface area contributed by atoms with Crippen LogP contribution in [-0.4, -0.2) is 5.11 Å². The zero-order valence-corrected chi connectivity index (χ0v) is 12.1. The summed E-state index contributed by atoms with van der Waals surface area (Å²) in [7, 11) is 0. The van der Waals surface area contributed by atoms with E-state index in [-0.39, 0.29) is 0 Å². The first-order valence-corrected chi connectivity index (χ1v) is 6.64. The number of aromatic hydroxyl groups is 1. The predicted molar refractivity (Wildman–Crippen MR) is 79.0 cm³/mol. The molecule has 0 radical (unpaired) electrons. The van der Waals surface area contributed by atoms with E-state index in [0.717, 1.165) is 15.7 Å². The van der Waals surface area contributed by atoms with Crippen LogP contribution in [0.2, 0.25) is 0 Å². The number of nitrogens with one attached hydrogen (secondary N) is 1. The maximum atomic E-state index is 9.42. The van der Waals surface area contributed by atoms with Gasteiger partial charge in [-0.1, -0.05) is 28.1 Å². The van der Waals surface area contributed by atoms with Crippen molar-refractivity contribution in [2.75, 3.05) is 5.32 Å². The highest BCUT2D eigenvalue weighted by molar-refractivity contribution is 9.10. The van der Waals surface area contributed by atoms with E-state index in [1.807, 2.05) is 12.1 Å². The summed E-state index contributed by atoms with van der Waals surface area (Å²) in [5, 5.41) is 12.8. The number of hydrogen-bond acceptors (Lipinski definition) is 2. The second-order valence-electron chi connectivity index (χ2n) is 4.44. The Balaban J connectivity index is 2.16. The van der Waals surface area contributed by atoms with Gasteiger partial charge in [0.25, 0.3) is 0 Å². The zero-order valence-electron chi connectivity index (χ0n) is 10.5. The average molecular weight is 306 g/mol. The monoisotopic (exact) mass is 305 g/mol. The normalized spacial score (nSPS) is 10.4. The number of aryl methyl sites for hydroxylation is 2. The number of anilines is 1. The Morgan fingerprint density at radius 3 is 2.39 bits per heavy atom. The van der Waals surface area contributed by atoms with Crippen LogP contribution in [-0.2, 0) is 6.54 Å². The van der Waals surface area contributed by atoms with Gasteiger partial charge in [0.05, 0.1) is 0 Å². The summed E-state index contributed by atoms with van der Waals surface area (Å²) in [6, 6.07) is 11.5. The SMILES string of the molecule is Cc1cc(Br)cc(C)c1NCc1cccc(O)c1. The van der Waals surface area contributed by atoms with Gasteiger partial charge in [-0.05, 0) is 54.8 Å². The van der Waals surface area contributed by atoms with E-state index >= 15 is 0 Å². The molecule has 2 aromatic carbocycles. The summed E-state index contributed by atoms with van der Waals surface area (Å²) in [5.41, 5.74) is 4.64. The first kappa shape index (κ1) is 13.0. The molecule has 94 valence electrons. The standard InChI is InChI=1S/C15H16BrNO/c1-10-6-13(16)7-11(2)15(10)17-9-12-4-3-5-14(18)8-12/h3-8,17-18H,9H2,1-2H3. The van der Waals surface area contributed by atoms with E-state index in [9.17, 15) is 5.11 Å². The summed E-state index contributed by atoms with van der Waals surface area (Å²) in [5.74, 6) is 0.304. The van der Waals surface area contributed by atoms with Gasteiger partial charge < -0.3 is 10.4 Å². The molecule has 0 aliphatic rings. The van der Waals surface area contributed by atoms with Gasteiger partial charge in [0.1, 0.15) is 5.75 Å². The Morgan fingerprint density at radius 1 is 1.11 bits per heavy atom. The molecule has 3 heteroatoms. The molecule has 18 heavy (non-hydrogen) atoms. The Kier molecular flexibility index (Phi) is 3.92. The van der Waals surface area contributed by atoms with E-state index in [1.165, 1.54) is 11.1 Å². The predicted octanol–water partition coefficient (Wildman–Crippen LogP) is 4.38. The number of benzene rings is 2. The third-order valence-electron chi connectivity index (χ3n) is 2.88. The molecular formula is C15H16BrNO. The largest absolute Gasteiger partial charge is 0.508 e. The number of halogens is 1. The molecule has 0 heterocycles.